The SMILES string of the molecule is CCCCn1nnnc1CN[C@@H]1CCc2nc(C(C)C)nn2C1. The summed E-state index contributed by atoms with van der Waals surface area (Å²) >= 11 is 0. The molecule has 3 rings (SSSR count). The zero-order chi connectivity index (χ0) is 16.2. The predicted octanol–water partition coefficient (Wildman–Crippen LogP) is 1.29. The van der Waals surface area contributed by atoms with Gasteiger partial charge in [-0.25, -0.2) is 14.3 Å². The minimum Gasteiger partial charge on any atom is -0.305 e. The summed E-state index contributed by atoms with van der Waals surface area (Å²) in [7, 11) is 0. The highest BCUT2D eigenvalue weighted by Gasteiger charge is 2.22. The molecule has 0 bridgehead atoms. The monoisotopic (exact) mass is 318 g/mol. The maximum atomic E-state index is 4.63. The van der Waals surface area contributed by atoms with Crippen LogP contribution in [0.3, 0.4) is 0 Å². The highest BCUT2D eigenvalue weighted by atomic mass is 15.5. The first-order valence-electron chi connectivity index (χ1n) is 8.59. The van der Waals surface area contributed by atoms with E-state index in [4.69, 9.17) is 0 Å². The molecule has 0 spiro atoms. The quantitative estimate of drug-likeness (QED) is 0.828. The number of unbranched alkanes of at least 4 members (excludes halogenated alkanes) is 1. The summed E-state index contributed by atoms with van der Waals surface area (Å²) in [6, 6.07) is 0.389. The number of rotatable bonds is 7. The molecule has 1 N–H and O–H groups in total. The molecule has 1 atom stereocenters. The number of hydrogen-bond donors (Lipinski definition) is 1. The first-order chi connectivity index (χ1) is 11.2. The van der Waals surface area contributed by atoms with Crippen LogP contribution >= 0.6 is 0 Å². The summed E-state index contributed by atoms with van der Waals surface area (Å²) < 4.78 is 3.95. The van der Waals surface area contributed by atoms with Crippen molar-refractivity contribution in [1.29, 1.82) is 0 Å². The number of hydrogen-bond acceptors (Lipinski definition) is 6. The fourth-order valence-electron chi connectivity index (χ4n) is 2.81. The van der Waals surface area contributed by atoms with Crippen LogP contribution in [0.1, 0.15) is 63.4 Å². The molecule has 126 valence electrons. The van der Waals surface area contributed by atoms with Gasteiger partial charge in [0.2, 0.25) is 0 Å². The van der Waals surface area contributed by atoms with E-state index < -0.39 is 0 Å². The molecule has 2 aromatic heterocycles. The van der Waals surface area contributed by atoms with Gasteiger partial charge in [0, 0.05) is 24.9 Å². The Kier molecular flexibility index (Phi) is 5.00. The largest absolute Gasteiger partial charge is 0.305 e. The summed E-state index contributed by atoms with van der Waals surface area (Å²) in [6.45, 7) is 8.88. The summed E-state index contributed by atoms with van der Waals surface area (Å²) in [5.41, 5.74) is 0. The van der Waals surface area contributed by atoms with Crippen LogP contribution in [0.25, 0.3) is 0 Å². The third kappa shape index (κ3) is 3.74. The Morgan fingerprint density at radius 2 is 2.22 bits per heavy atom. The predicted molar refractivity (Wildman–Crippen MR) is 85.8 cm³/mol. The van der Waals surface area contributed by atoms with E-state index in [1.165, 1.54) is 0 Å². The van der Waals surface area contributed by atoms with Crippen molar-refractivity contribution in [2.45, 2.75) is 78.0 Å². The first kappa shape index (κ1) is 16.0. The second kappa shape index (κ2) is 7.16. The average molecular weight is 318 g/mol. The zero-order valence-corrected chi connectivity index (χ0v) is 14.2. The van der Waals surface area contributed by atoms with E-state index in [9.17, 15) is 0 Å². The normalized spacial score (nSPS) is 17.7. The highest BCUT2D eigenvalue weighted by molar-refractivity contribution is 5.01. The highest BCUT2D eigenvalue weighted by Crippen LogP contribution is 2.17. The van der Waals surface area contributed by atoms with Crippen molar-refractivity contribution in [3.05, 3.63) is 17.5 Å². The molecule has 1 aliphatic rings. The average Bonchev–Trinajstić information content (AvgIpc) is 3.16. The van der Waals surface area contributed by atoms with Crippen molar-refractivity contribution >= 4 is 0 Å². The van der Waals surface area contributed by atoms with Gasteiger partial charge in [-0.3, -0.25) is 0 Å². The Hall–Kier alpha value is -1.83. The molecule has 0 saturated heterocycles. The lowest BCUT2D eigenvalue weighted by Crippen LogP contribution is -2.38. The van der Waals surface area contributed by atoms with E-state index >= 15 is 0 Å². The van der Waals surface area contributed by atoms with Crippen LogP contribution in [0.4, 0.5) is 0 Å². The number of tetrazole rings is 1. The van der Waals surface area contributed by atoms with Crippen LogP contribution in [0.15, 0.2) is 0 Å². The Balaban J connectivity index is 1.56. The Morgan fingerprint density at radius 1 is 1.35 bits per heavy atom. The van der Waals surface area contributed by atoms with Crippen molar-refractivity contribution in [1.82, 2.24) is 40.3 Å². The van der Waals surface area contributed by atoms with Crippen molar-refractivity contribution in [3.63, 3.8) is 0 Å². The fraction of sp³-hybridized carbons (Fsp3) is 0.800. The molecular weight excluding hydrogens is 292 g/mol. The third-order valence-corrected chi connectivity index (χ3v) is 4.27. The van der Waals surface area contributed by atoms with Crippen molar-refractivity contribution in [2.24, 2.45) is 0 Å². The van der Waals surface area contributed by atoms with Crippen LogP contribution < -0.4 is 5.32 Å². The standard InChI is InChI=1S/C15H26N8/c1-4-5-8-22-14(18-20-21-22)9-16-12-6-7-13-17-15(11(2)3)19-23(13)10-12/h11-12,16H,4-10H2,1-3H3/t12-/m1/s1. The summed E-state index contributed by atoms with van der Waals surface area (Å²) in [5, 5.41) is 20.2. The molecule has 0 aliphatic carbocycles. The van der Waals surface area contributed by atoms with Crippen molar-refractivity contribution in [3.8, 4) is 0 Å². The van der Waals surface area contributed by atoms with E-state index in [1.54, 1.807) is 0 Å². The van der Waals surface area contributed by atoms with Gasteiger partial charge in [-0.05, 0) is 23.3 Å². The molecule has 0 amide bonds. The number of nitrogens with one attached hydrogen (secondary N) is 1. The van der Waals surface area contributed by atoms with Gasteiger partial charge in [-0.15, -0.1) is 5.10 Å². The van der Waals surface area contributed by atoms with E-state index in [0.29, 0.717) is 18.5 Å². The molecule has 0 radical (unpaired) electrons. The molecule has 23 heavy (non-hydrogen) atoms. The van der Waals surface area contributed by atoms with Gasteiger partial charge < -0.3 is 5.32 Å². The van der Waals surface area contributed by atoms with Gasteiger partial charge >= 0.3 is 0 Å². The molecule has 8 nitrogen and oxygen atoms in total. The lowest BCUT2D eigenvalue weighted by molar-refractivity contribution is 0.350. The minimum atomic E-state index is 0.378. The molecule has 3 heterocycles. The molecule has 0 unspecified atom stereocenters. The lowest BCUT2D eigenvalue weighted by atomic mass is 10.1. The van der Waals surface area contributed by atoms with Gasteiger partial charge in [0.15, 0.2) is 11.6 Å². The number of aryl methyl sites for hydroxylation is 2. The van der Waals surface area contributed by atoms with Crippen LogP contribution in [0, 0.1) is 0 Å². The van der Waals surface area contributed by atoms with Gasteiger partial charge in [-0.2, -0.15) is 5.10 Å². The number of fused-ring (bicyclic) bond motifs is 1. The zero-order valence-electron chi connectivity index (χ0n) is 14.2. The van der Waals surface area contributed by atoms with Gasteiger partial charge in [0.25, 0.3) is 0 Å². The summed E-state index contributed by atoms with van der Waals surface area (Å²) in [6.07, 6.45) is 4.29. The van der Waals surface area contributed by atoms with E-state index in [-0.39, 0.29) is 0 Å². The van der Waals surface area contributed by atoms with Gasteiger partial charge in [0.05, 0.1) is 13.1 Å². The Morgan fingerprint density at radius 3 is 3.00 bits per heavy atom. The molecule has 2 aromatic rings. The maximum absolute atomic E-state index is 4.63. The van der Waals surface area contributed by atoms with Crippen LogP contribution in [-0.2, 0) is 26.1 Å². The third-order valence-electron chi connectivity index (χ3n) is 4.27. The fourth-order valence-corrected chi connectivity index (χ4v) is 2.81. The molecule has 0 aromatic carbocycles. The lowest BCUT2D eigenvalue weighted by Gasteiger charge is -2.23. The van der Waals surface area contributed by atoms with Crippen LogP contribution in [0.2, 0.25) is 0 Å². The maximum Gasteiger partial charge on any atom is 0.165 e. The summed E-state index contributed by atoms with van der Waals surface area (Å²) in [4.78, 5) is 4.63. The first-order valence-corrected chi connectivity index (χ1v) is 8.59. The summed E-state index contributed by atoms with van der Waals surface area (Å²) in [5.74, 6) is 3.34. The van der Waals surface area contributed by atoms with Crippen LogP contribution in [0.5, 0.6) is 0 Å². The molecular formula is C15H26N8. The minimum absolute atomic E-state index is 0.378. The topological polar surface area (TPSA) is 86.3 Å². The number of aromatic nitrogens is 7. The molecule has 0 fully saturated rings. The molecule has 0 saturated carbocycles. The Labute approximate surface area is 136 Å². The second-order valence-electron chi connectivity index (χ2n) is 6.51. The second-order valence-corrected chi connectivity index (χ2v) is 6.51. The van der Waals surface area contributed by atoms with Gasteiger partial charge in [0.1, 0.15) is 5.82 Å². The van der Waals surface area contributed by atoms with Gasteiger partial charge in [-0.1, -0.05) is 27.2 Å². The smallest absolute Gasteiger partial charge is 0.165 e. The molecule has 1 aliphatic heterocycles. The Bertz CT molecular complexity index is 629. The van der Waals surface area contributed by atoms with E-state index in [2.05, 4.69) is 56.4 Å². The molecule has 8 heteroatoms. The van der Waals surface area contributed by atoms with Crippen molar-refractivity contribution < 1.29 is 0 Å². The van der Waals surface area contributed by atoms with E-state index in [0.717, 1.165) is 56.2 Å². The van der Waals surface area contributed by atoms with Crippen LogP contribution in [-0.4, -0.2) is 41.0 Å². The number of nitrogens with zero attached hydrogens (tertiary/aromatic N) is 7. The van der Waals surface area contributed by atoms with E-state index in [1.807, 2.05) is 4.68 Å². The van der Waals surface area contributed by atoms with Crippen molar-refractivity contribution in [2.75, 3.05) is 0 Å².